The first-order valence-corrected chi connectivity index (χ1v) is 17.3. The van der Waals surface area contributed by atoms with Crippen LogP contribution in [-0.2, 0) is 35.1 Å². The molecule has 0 radical (unpaired) electrons. The van der Waals surface area contributed by atoms with E-state index in [-0.39, 0.29) is 32.2 Å². The second-order valence-corrected chi connectivity index (χ2v) is 12.2. The van der Waals surface area contributed by atoms with Crippen molar-refractivity contribution in [2.45, 2.75) is 142 Å². The van der Waals surface area contributed by atoms with Gasteiger partial charge in [0.1, 0.15) is 25.9 Å². The van der Waals surface area contributed by atoms with Crippen molar-refractivity contribution >= 4 is 35.1 Å². The predicted octanol–water partition coefficient (Wildman–Crippen LogP) is 9.03. The fourth-order valence-electron chi connectivity index (χ4n) is 4.81. The van der Waals surface area contributed by atoms with Crippen molar-refractivity contribution in [1.82, 2.24) is 5.32 Å². The largest absolute Gasteiger partial charge is 0.460 e. The fraction of sp³-hybridized carbons (Fsp3) is 0.714. The smallest absolute Gasteiger partial charge is 0.408 e. The van der Waals surface area contributed by atoms with Gasteiger partial charge < -0.3 is 24.3 Å². The molecule has 0 fully saturated rings. The van der Waals surface area contributed by atoms with Gasteiger partial charge in [-0.3, -0.25) is 4.79 Å². The first-order valence-electron chi connectivity index (χ1n) is 16.9. The van der Waals surface area contributed by atoms with Gasteiger partial charge in [0.25, 0.3) is 0 Å². The third-order valence-electron chi connectivity index (χ3n) is 7.48. The average molecular weight is 654 g/mol. The van der Waals surface area contributed by atoms with Crippen LogP contribution in [-0.4, -0.2) is 48.8 Å². The highest BCUT2D eigenvalue weighted by molar-refractivity contribution is 6.61. The number of unbranched alkanes of at least 4 members (excludes halogenated alkanes) is 14. The molecule has 1 N–H and O–H groups in total. The lowest BCUT2D eigenvalue weighted by molar-refractivity contribution is -0.162. The first-order chi connectivity index (χ1) is 21.7. The Morgan fingerprint density at radius 3 is 1.73 bits per heavy atom. The molecule has 9 nitrogen and oxygen atoms in total. The van der Waals surface area contributed by atoms with E-state index in [0.717, 1.165) is 24.8 Å². The molecule has 256 valence electrons. The van der Waals surface area contributed by atoms with Crippen molar-refractivity contribution in [3.8, 4) is 0 Å². The highest BCUT2D eigenvalue weighted by Crippen LogP contribution is 2.14. The van der Waals surface area contributed by atoms with Gasteiger partial charge in [0, 0.05) is 18.0 Å². The summed E-state index contributed by atoms with van der Waals surface area (Å²) in [7, 11) is 0. The number of nitrogens with one attached hydrogen (secondary N) is 1. The van der Waals surface area contributed by atoms with Gasteiger partial charge in [0.15, 0.2) is 6.10 Å². The van der Waals surface area contributed by atoms with Gasteiger partial charge in [-0.05, 0) is 17.9 Å². The molecule has 0 bridgehead atoms. The number of alkyl carbamates (subject to hydrolysis) is 1. The zero-order valence-corrected chi connectivity index (χ0v) is 28.5. The molecule has 10 heteroatoms. The lowest BCUT2D eigenvalue weighted by Gasteiger charge is -2.22. The van der Waals surface area contributed by atoms with Crippen LogP contribution in [0.3, 0.4) is 0 Å². The van der Waals surface area contributed by atoms with Gasteiger partial charge in [-0.25, -0.2) is 14.4 Å². The fourth-order valence-corrected chi connectivity index (χ4v) is 4.88. The Morgan fingerprint density at radius 1 is 0.711 bits per heavy atom. The topological polar surface area (TPSA) is 117 Å². The monoisotopic (exact) mass is 653 g/mol. The molecular weight excluding hydrogens is 598 g/mol. The molecule has 45 heavy (non-hydrogen) atoms. The van der Waals surface area contributed by atoms with E-state index in [1.54, 1.807) is 13.8 Å². The first kappa shape index (κ1) is 40.2. The van der Waals surface area contributed by atoms with Crippen molar-refractivity contribution in [2.24, 2.45) is 5.92 Å². The van der Waals surface area contributed by atoms with Crippen LogP contribution in [0.1, 0.15) is 129 Å². The van der Waals surface area contributed by atoms with E-state index in [1.807, 2.05) is 30.3 Å². The lowest BCUT2D eigenvalue weighted by atomic mass is 10.0. The molecule has 1 aromatic carbocycles. The zero-order chi connectivity index (χ0) is 33.1. The molecule has 0 spiro atoms. The highest BCUT2D eigenvalue weighted by atomic mass is 35.5. The van der Waals surface area contributed by atoms with E-state index in [4.69, 9.17) is 30.5 Å². The Kier molecular flexibility index (Phi) is 23.6. The average Bonchev–Trinajstić information content (AvgIpc) is 3.02. The second kappa shape index (κ2) is 26.4. The minimum atomic E-state index is -1.06. The van der Waals surface area contributed by atoms with Gasteiger partial charge >= 0.3 is 23.5 Å². The van der Waals surface area contributed by atoms with Crippen LogP contribution in [0.25, 0.3) is 0 Å². The normalized spacial score (nSPS) is 12.3. The molecule has 1 rings (SSSR count). The van der Waals surface area contributed by atoms with Gasteiger partial charge in [-0.2, -0.15) is 0 Å². The number of rotatable bonds is 26. The van der Waals surface area contributed by atoms with Crippen molar-refractivity contribution in [3.63, 3.8) is 0 Å². The van der Waals surface area contributed by atoms with Crippen molar-refractivity contribution in [1.29, 1.82) is 0 Å². The minimum Gasteiger partial charge on any atom is -0.460 e. The lowest BCUT2D eigenvalue weighted by Crippen LogP contribution is -2.46. The molecule has 0 saturated carbocycles. The molecule has 0 saturated heterocycles. The number of carbonyl (C=O) groups excluding carboxylic acids is 4. The maximum Gasteiger partial charge on any atom is 0.408 e. The summed E-state index contributed by atoms with van der Waals surface area (Å²) in [5.74, 6) is -1.52. The van der Waals surface area contributed by atoms with Crippen LogP contribution in [0, 0.1) is 5.92 Å². The van der Waals surface area contributed by atoms with E-state index < -0.39 is 35.6 Å². The molecule has 1 aromatic rings. The molecule has 0 aliphatic heterocycles. The summed E-state index contributed by atoms with van der Waals surface area (Å²) in [5, 5.41) is 2.52. The summed E-state index contributed by atoms with van der Waals surface area (Å²) in [6.45, 7) is 5.06. The van der Waals surface area contributed by atoms with E-state index >= 15 is 0 Å². The molecule has 0 aromatic heterocycles. The summed E-state index contributed by atoms with van der Waals surface area (Å²) < 4.78 is 20.7. The summed E-state index contributed by atoms with van der Waals surface area (Å²) in [4.78, 5) is 48.6. The summed E-state index contributed by atoms with van der Waals surface area (Å²) in [5.41, 5.74) is -0.258. The quantitative estimate of drug-likeness (QED) is 0.0455. The maximum absolute atomic E-state index is 12.8. The van der Waals surface area contributed by atoms with Crippen molar-refractivity contribution < 1.29 is 38.1 Å². The number of amides is 1. The van der Waals surface area contributed by atoms with E-state index in [2.05, 4.69) is 12.2 Å². The maximum atomic E-state index is 12.8. The van der Waals surface area contributed by atoms with Gasteiger partial charge in [-0.15, -0.1) is 0 Å². The molecule has 2 atom stereocenters. The van der Waals surface area contributed by atoms with Gasteiger partial charge in [-0.1, -0.05) is 141 Å². The Morgan fingerprint density at radius 2 is 1.22 bits per heavy atom. The van der Waals surface area contributed by atoms with E-state index in [0.29, 0.717) is 6.42 Å². The highest BCUT2D eigenvalue weighted by Gasteiger charge is 2.28. The van der Waals surface area contributed by atoms with E-state index in [1.165, 1.54) is 70.6 Å². The third-order valence-corrected chi connectivity index (χ3v) is 7.59. The molecule has 0 heterocycles. The Balaban J connectivity index is 2.30. The third kappa shape index (κ3) is 22.4. The minimum absolute atomic E-state index is 0.0493. The van der Waals surface area contributed by atoms with Crippen LogP contribution in [0.4, 0.5) is 9.59 Å². The molecule has 1 unspecified atom stereocenters. The number of esters is 2. The summed E-state index contributed by atoms with van der Waals surface area (Å²) >= 11 is 5.28. The van der Waals surface area contributed by atoms with Crippen LogP contribution >= 0.6 is 11.6 Å². The van der Waals surface area contributed by atoms with Crippen molar-refractivity contribution in [3.05, 3.63) is 35.9 Å². The van der Waals surface area contributed by atoms with Crippen molar-refractivity contribution in [2.75, 3.05) is 13.2 Å². The summed E-state index contributed by atoms with van der Waals surface area (Å²) in [6, 6.07) is 8.15. The molecule has 1 amide bonds. The standard InChI is InChI=1S/C35H56ClNO8/c1-4-5-6-7-8-9-10-11-12-13-14-15-16-17-21-24-31(38)45-30(27-43-34(36)40)26-42-33(39)32(28(2)3)37-35(41)44-25-29-22-19-18-20-23-29/h18-20,22-23,28,30,32H,4-17,21,24-27H2,1-3H3,(H,37,41)/t30?,32-/m0/s1. The summed E-state index contributed by atoms with van der Waals surface area (Å²) in [6.07, 6.45) is 16.8. The Labute approximate surface area is 275 Å². The SMILES string of the molecule is CCCCCCCCCCCCCCCCCC(=O)OC(COC(=O)Cl)COC(=O)[C@@H](NC(=O)OCc1ccccc1)C(C)C. The Bertz CT molecular complexity index is 943. The number of carbonyl (C=O) groups is 4. The van der Waals surface area contributed by atoms with E-state index in [9.17, 15) is 19.2 Å². The van der Waals surface area contributed by atoms with Crippen LogP contribution in [0.5, 0.6) is 0 Å². The van der Waals surface area contributed by atoms with Crippen LogP contribution in [0.2, 0.25) is 0 Å². The zero-order valence-electron chi connectivity index (χ0n) is 27.7. The number of hydrogen-bond donors (Lipinski definition) is 1. The van der Waals surface area contributed by atoms with Gasteiger partial charge in [0.2, 0.25) is 0 Å². The predicted molar refractivity (Wildman–Crippen MR) is 176 cm³/mol. The molecule has 0 aliphatic rings. The second-order valence-electron chi connectivity index (χ2n) is 11.9. The molecule has 0 aliphatic carbocycles. The number of ether oxygens (including phenoxy) is 4. The van der Waals surface area contributed by atoms with Crippen LogP contribution < -0.4 is 5.32 Å². The number of hydrogen-bond acceptors (Lipinski definition) is 8. The number of benzene rings is 1. The van der Waals surface area contributed by atoms with Crippen LogP contribution in [0.15, 0.2) is 30.3 Å². The number of halogens is 1. The Hall–Kier alpha value is -2.81. The van der Waals surface area contributed by atoms with Gasteiger partial charge in [0.05, 0.1) is 0 Å². The molecular formula is C35H56ClNO8.